The molecule has 0 unspecified atom stereocenters. The Labute approximate surface area is 120 Å². The molecule has 3 nitrogen and oxygen atoms in total. The van der Waals surface area contributed by atoms with Gasteiger partial charge >= 0.3 is 0 Å². The van der Waals surface area contributed by atoms with Gasteiger partial charge in [0.1, 0.15) is 12.4 Å². The van der Waals surface area contributed by atoms with Crippen molar-refractivity contribution in [2.75, 3.05) is 0 Å². The molecule has 3 rings (SSSR count). The van der Waals surface area contributed by atoms with E-state index in [9.17, 15) is 8.78 Å². The second kappa shape index (κ2) is 5.52. The van der Waals surface area contributed by atoms with E-state index in [1.807, 2.05) is 6.07 Å². The lowest BCUT2D eigenvalue weighted by atomic mass is 10.1. The van der Waals surface area contributed by atoms with E-state index in [0.717, 1.165) is 17.2 Å². The number of nitrogens with zero attached hydrogens (tertiary/aromatic N) is 1. The maximum Gasteiger partial charge on any atom is 0.165 e. The molecule has 108 valence electrons. The monoisotopic (exact) mass is 289 g/mol. The first-order valence-electron chi connectivity index (χ1n) is 6.59. The summed E-state index contributed by atoms with van der Waals surface area (Å²) >= 11 is 0. The second-order valence-electron chi connectivity index (χ2n) is 4.83. The van der Waals surface area contributed by atoms with Crippen LogP contribution in [0.4, 0.5) is 8.78 Å². The minimum absolute atomic E-state index is 0.0500. The number of hydrogen-bond donors (Lipinski definition) is 1. The molecule has 0 saturated carbocycles. The zero-order valence-electron chi connectivity index (χ0n) is 11.1. The summed E-state index contributed by atoms with van der Waals surface area (Å²) in [5.41, 5.74) is 2.56. The normalized spacial score (nSPS) is 15.2. The molecular weight excluding hydrogens is 276 g/mol. The van der Waals surface area contributed by atoms with Crippen molar-refractivity contribution < 1.29 is 18.7 Å². The highest BCUT2D eigenvalue weighted by molar-refractivity contribution is 6.04. The van der Waals surface area contributed by atoms with Gasteiger partial charge in [0, 0.05) is 16.7 Å². The van der Waals surface area contributed by atoms with E-state index in [1.54, 1.807) is 12.1 Å². The summed E-state index contributed by atoms with van der Waals surface area (Å²) in [6, 6.07) is 9.42. The standard InChI is InChI=1S/C16H13F2NO2/c17-13-5-1-3-10(16(13)18)9-21-15-6-2-4-11-12(15)7-8-14(11)19-20/h1-6,20H,7-9H2. The molecule has 0 aromatic heterocycles. The van der Waals surface area contributed by atoms with Crippen LogP contribution in [0.25, 0.3) is 0 Å². The Hall–Kier alpha value is -2.43. The Morgan fingerprint density at radius 1 is 1.10 bits per heavy atom. The molecular formula is C16H13F2NO2. The Bertz CT molecular complexity index is 713. The molecule has 1 aliphatic rings. The summed E-state index contributed by atoms with van der Waals surface area (Å²) in [5.74, 6) is -1.17. The van der Waals surface area contributed by atoms with Crippen LogP contribution in [0.3, 0.4) is 0 Å². The summed E-state index contributed by atoms with van der Waals surface area (Å²) in [7, 11) is 0. The first-order chi connectivity index (χ1) is 10.2. The van der Waals surface area contributed by atoms with Gasteiger partial charge in [-0.1, -0.05) is 29.4 Å². The molecule has 1 N–H and O–H groups in total. The number of rotatable bonds is 3. The van der Waals surface area contributed by atoms with E-state index < -0.39 is 11.6 Å². The fourth-order valence-corrected chi connectivity index (χ4v) is 2.53. The van der Waals surface area contributed by atoms with E-state index in [1.165, 1.54) is 12.1 Å². The van der Waals surface area contributed by atoms with Crippen LogP contribution in [-0.2, 0) is 13.0 Å². The fraction of sp³-hybridized carbons (Fsp3) is 0.188. The van der Waals surface area contributed by atoms with Crippen molar-refractivity contribution in [3.63, 3.8) is 0 Å². The summed E-state index contributed by atoms with van der Waals surface area (Å²) in [6.45, 7) is -0.0500. The summed E-state index contributed by atoms with van der Waals surface area (Å²) in [5, 5.41) is 12.2. The zero-order chi connectivity index (χ0) is 14.8. The molecule has 2 aromatic rings. The minimum atomic E-state index is -0.886. The Balaban J connectivity index is 1.84. The van der Waals surface area contributed by atoms with E-state index in [2.05, 4.69) is 5.16 Å². The average Bonchev–Trinajstić information content (AvgIpc) is 2.92. The van der Waals surface area contributed by atoms with Crippen LogP contribution in [0.1, 0.15) is 23.1 Å². The van der Waals surface area contributed by atoms with Gasteiger partial charge in [0.05, 0.1) is 5.71 Å². The molecule has 0 fully saturated rings. The predicted molar refractivity (Wildman–Crippen MR) is 73.8 cm³/mol. The van der Waals surface area contributed by atoms with Gasteiger partial charge in [0.25, 0.3) is 0 Å². The Morgan fingerprint density at radius 2 is 1.90 bits per heavy atom. The van der Waals surface area contributed by atoms with Gasteiger partial charge in [0.2, 0.25) is 0 Å². The van der Waals surface area contributed by atoms with Gasteiger partial charge in [-0.3, -0.25) is 0 Å². The highest BCUT2D eigenvalue weighted by Gasteiger charge is 2.22. The molecule has 0 saturated heterocycles. The molecule has 0 heterocycles. The SMILES string of the molecule is ON=C1CCc2c(OCc3cccc(F)c3F)cccc21. The summed E-state index contributed by atoms with van der Waals surface area (Å²) < 4.78 is 32.4. The van der Waals surface area contributed by atoms with Crippen LogP contribution in [-0.4, -0.2) is 10.9 Å². The Kier molecular flexibility index (Phi) is 3.56. The summed E-state index contributed by atoms with van der Waals surface area (Å²) in [4.78, 5) is 0. The highest BCUT2D eigenvalue weighted by atomic mass is 19.2. The van der Waals surface area contributed by atoms with Gasteiger partial charge in [-0.15, -0.1) is 0 Å². The van der Waals surface area contributed by atoms with Crippen molar-refractivity contribution in [1.29, 1.82) is 0 Å². The van der Waals surface area contributed by atoms with Crippen LogP contribution in [0.15, 0.2) is 41.6 Å². The van der Waals surface area contributed by atoms with Crippen LogP contribution < -0.4 is 4.74 Å². The molecule has 1 aliphatic carbocycles. The minimum Gasteiger partial charge on any atom is -0.488 e. The number of ether oxygens (including phenoxy) is 1. The van der Waals surface area contributed by atoms with Crippen LogP contribution in [0.5, 0.6) is 5.75 Å². The average molecular weight is 289 g/mol. The molecule has 21 heavy (non-hydrogen) atoms. The summed E-state index contributed by atoms with van der Waals surface area (Å²) in [6.07, 6.45) is 1.34. The maximum atomic E-state index is 13.6. The Morgan fingerprint density at radius 3 is 2.71 bits per heavy atom. The molecule has 0 amide bonds. The first-order valence-corrected chi connectivity index (χ1v) is 6.59. The predicted octanol–water partition coefficient (Wildman–Crippen LogP) is 3.67. The number of hydrogen-bond acceptors (Lipinski definition) is 3. The topological polar surface area (TPSA) is 41.8 Å². The lowest BCUT2D eigenvalue weighted by Crippen LogP contribution is -2.02. The molecule has 5 heteroatoms. The van der Waals surface area contributed by atoms with Crippen molar-refractivity contribution >= 4 is 5.71 Å². The van der Waals surface area contributed by atoms with E-state index in [0.29, 0.717) is 24.3 Å². The number of benzene rings is 2. The molecule has 0 bridgehead atoms. The highest BCUT2D eigenvalue weighted by Crippen LogP contribution is 2.31. The molecule has 0 atom stereocenters. The third-order valence-electron chi connectivity index (χ3n) is 3.59. The lowest BCUT2D eigenvalue weighted by molar-refractivity contribution is 0.294. The molecule has 0 spiro atoms. The van der Waals surface area contributed by atoms with Crippen molar-refractivity contribution in [3.8, 4) is 5.75 Å². The van der Waals surface area contributed by atoms with Crippen LogP contribution in [0.2, 0.25) is 0 Å². The number of oxime groups is 1. The van der Waals surface area contributed by atoms with E-state index in [-0.39, 0.29) is 12.2 Å². The van der Waals surface area contributed by atoms with Crippen molar-refractivity contribution in [2.45, 2.75) is 19.4 Å². The smallest absolute Gasteiger partial charge is 0.165 e. The number of halogens is 2. The molecule has 2 aromatic carbocycles. The van der Waals surface area contributed by atoms with Gasteiger partial charge in [0.15, 0.2) is 11.6 Å². The van der Waals surface area contributed by atoms with E-state index >= 15 is 0 Å². The first kappa shape index (κ1) is 13.5. The van der Waals surface area contributed by atoms with Crippen molar-refractivity contribution in [2.24, 2.45) is 5.16 Å². The fourth-order valence-electron chi connectivity index (χ4n) is 2.53. The van der Waals surface area contributed by atoms with E-state index in [4.69, 9.17) is 9.94 Å². The van der Waals surface area contributed by atoms with Gasteiger partial charge in [-0.25, -0.2) is 8.78 Å². The zero-order valence-corrected chi connectivity index (χ0v) is 11.1. The van der Waals surface area contributed by atoms with Crippen LogP contribution in [0, 0.1) is 11.6 Å². The van der Waals surface area contributed by atoms with Gasteiger partial charge < -0.3 is 9.94 Å². The van der Waals surface area contributed by atoms with Gasteiger partial charge in [-0.05, 0) is 25.0 Å². The van der Waals surface area contributed by atoms with Gasteiger partial charge in [-0.2, -0.15) is 0 Å². The molecule has 0 aliphatic heterocycles. The maximum absolute atomic E-state index is 13.6. The number of fused-ring (bicyclic) bond motifs is 1. The third kappa shape index (κ3) is 2.46. The molecule has 0 radical (unpaired) electrons. The second-order valence-corrected chi connectivity index (χ2v) is 4.83. The van der Waals surface area contributed by atoms with Crippen molar-refractivity contribution in [3.05, 3.63) is 64.7 Å². The lowest BCUT2D eigenvalue weighted by Gasteiger charge is -2.11. The van der Waals surface area contributed by atoms with Crippen molar-refractivity contribution in [1.82, 2.24) is 0 Å². The largest absolute Gasteiger partial charge is 0.488 e. The van der Waals surface area contributed by atoms with Crippen LogP contribution >= 0.6 is 0 Å². The third-order valence-corrected chi connectivity index (χ3v) is 3.59. The quantitative estimate of drug-likeness (QED) is 0.692.